The zero-order valence-corrected chi connectivity index (χ0v) is 11.2. The van der Waals surface area contributed by atoms with Crippen LogP contribution in [0.4, 0.5) is 0 Å². The van der Waals surface area contributed by atoms with Crippen molar-refractivity contribution in [3.05, 3.63) is 24.0 Å². The number of carbonyl (C=O) groups is 1. The molecule has 0 radical (unpaired) electrons. The summed E-state index contributed by atoms with van der Waals surface area (Å²) in [7, 11) is -4.03. The van der Waals surface area contributed by atoms with Gasteiger partial charge in [0, 0.05) is 12.4 Å². The fourth-order valence-electron chi connectivity index (χ4n) is 1.33. The number of carboxylic acids is 1. The lowest BCUT2D eigenvalue weighted by molar-refractivity contribution is -0.140. The number of aromatic nitrogens is 1. The summed E-state index contributed by atoms with van der Waals surface area (Å²) in [6, 6.07) is 1.66. The number of rotatable bonds is 5. The SMILES string of the molecule is CC(C)[C@H](NS(=O)(=O)c1cncc(C#N)c1)C(=O)O. The fourth-order valence-corrected chi connectivity index (χ4v) is 2.66. The molecule has 0 aliphatic rings. The van der Waals surface area contributed by atoms with Gasteiger partial charge in [-0.15, -0.1) is 0 Å². The van der Waals surface area contributed by atoms with Crippen LogP contribution >= 0.6 is 0 Å². The Morgan fingerprint density at radius 3 is 2.58 bits per heavy atom. The van der Waals surface area contributed by atoms with Gasteiger partial charge in [-0.25, -0.2) is 8.42 Å². The zero-order chi connectivity index (χ0) is 14.6. The Balaban J connectivity index is 3.11. The maximum Gasteiger partial charge on any atom is 0.322 e. The van der Waals surface area contributed by atoms with E-state index in [1.165, 1.54) is 6.20 Å². The Morgan fingerprint density at radius 1 is 1.47 bits per heavy atom. The molecule has 19 heavy (non-hydrogen) atoms. The van der Waals surface area contributed by atoms with Crippen LogP contribution < -0.4 is 4.72 Å². The molecule has 0 unspecified atom stereocenters. The fraction of sp³-hybridized carbons (Fsp3) is 0.364. The maximum absolute atomic E-state index is 12.0. The topological polar surface area (TPSA) is 120 Å². The summed E-state index contributed by atoms with van der Waals surface area (Å²) in [4.78, 5) is 14.4. The number of aliphatic carboxylic acids is 1. The molecule has 0 bridgehead atoms. The molecule has 1 aromatic rings. The molecule has 102 valence electrons. The van der Waals surface area contributed by atoms with Crippen LogP contribution in [0.3, 0.4) is 0 Å². The molecule has 0 fully saturated rings. The van der Waals surface area contributed by atoms with Crippen LogP contribution in [0.25, 0.3) is 0 Å². The highest BCUT2D eigenvalue weighted by Gasteiger charge is 2.28. The molecule has 0 saturated heterocycles. The minimum Gasteiger partial charge on any atom is -0.480 e. The number of hydrogen-bond donors (Lipinski definition) is 2. The molecule has 0 aliphatic heterocycles. The van der Waals surface area contributed by atoms with E-state index >= 15 is 0 Å². The van der Waals surface area contributed by atoms with E-state index in [2.05, 4.69) is 9.71 Å². The van der Waals surface area contributed by atoms with Gasteiger partial charge in [-0.05, 0) is 12.0 Å². The minimum atomic E-state index is -4.03. The molecular weight excluding hydrogens is 270 g/mol. The lowest BCUT2D eigenvalue weighted by atomic mass is 10.1. The van der Waals surface area contributed by atoms with Gasteiger partial charge in [0.05, 0.1) is 5.56 Å². The number of nitrogens with zero attached hydrogens (tertiary/aromatic N) is 2. The van der Waals surface area contributed by atoms with Gasteiger partial charge in [0.2, 0.25) is 10.0 Å². The van der Waals surface area contributed by atoms with Crippen LogP contribution in [-0.2, 0) is 14.8 Å². The van der Waals surface area contributed by atoms with E-state index in [1.54, 1.807) is 19.9 Å². The number of hydrogen-bond acceptors (Lipinski definition) is 5. The van der Waals surface area contributed by atoms with Gasteiger partial charge in [-0.2, -0.15) is 9.98 Å². The number of pyridine rings is 1. The van der Waals surface area contributed by atoms with Crippen molar-refractivity contribution in [2.45, 2.75) is 24.8 Å². The van der Waals surface area contributed by atoms with Gasteiger partial charge in [0.15, 0.2) is 0 Å². The van der Waals surface area contributed by atoms with Gasteiger partial charge >= 0.3 is 5.97 Å². The lowest BCUT2D eigenvalue weighted by Crippen LogP contribution is -2.44. The number of sulfonamides is 1. The number of nitriles is 1. The molecule has 0 spiro atoms. The van der Waals surface area contributed by atoms with Crippen molar-refractivity contribution in [1.29, 1.82) is 5.26 Å². The van der Waals surface area contributed by atoms with Gasteiger partial charge < -0.3 is 5.11 Å². The third kappa shape index (κ3) is 3.74. The molecule has 1 heterocycles. The number of carboxylic acid groups (broad SMARTS) is 1. The average molecular weight is 283 g/mol. The van der Waals surface area contributed by atoms with E-state index in [1.807, 2.05) is 0 Å². The van der Waals surface area contributed by atoms with E-state index in [4.69, 9.17) is 10.4 Å². The Labute approximate surface area is 110 Å². The summed E-state index contributed by atoms with van der Waals surface area (Å²) >= 11 is 0. The van der Waals surface area contributed by atoms with E-state index in [0.717, 1.165) is 12.3 Å². The van der Waals surface area contributed by atoms with Crippen molar-refractivity contribution in [3.8, 4) is 6.07 Å². The molecule has 0 amide bonds. The monoisotopic (exact) mass is 283 g/mol. The van der Waals surface area contributed by atoms with Gasteiger partial charge in [-0.1, -0.05) is 13.8 Å². The van der Waals surface area contributed by atoms with Crippen molar-refractivity contribution in [2.24, 2.45) is 5.92 Å². The second-order valence-electron chi connectivity index (χ2n) is 4.20. The largest absolute Gasteiger partial charge is 0.480 e. The van der Waals surface area contributed by atoms with Crippen LogP contribution in [0.2, 0.25) is 0 Å². The van der Waals surface area contributed by atoms with Crippen molar-refractivity contribution < 1.29 is 18.3 Å². The predicted molar refractivity (Wildman–Crippen MR) is 65.5 cm³/mol. The summed E-state index contributed by atoms with van der Waals surface area (Å²) in [5, 5.41) is 17.6. The van der Waals surface area contributed by atoms with Crippen LogP contribution in [-0.4, -0.2) is 30.5 Å². The molecule has 2 N–H and O–H groups in total. The first kappa shape index (κ1) is 15.1. The predicted octanol–water partition coefficient (Wildman–Crippen LogP) is 0.341. The Kier molecular flexibility index (Phi) is 4.58. The molecule has 7 nitrogen and oxygen atoms in total. The standard InChI is InChI=1S/C11H13N3O4S/c1-7(2)10(11(15)16)14-19(17,18)9-3-8(4-12)5-13-6-9/h3,5-7,10,14H,1-2H3,(H,15,16)/t10-/m0/s1. The molecule has 0 saturated carbocycles. The molecule has 8 heteroatoms. The van der Waals surface area contributed by atoms with Crippen molar-refractivity contribution in [3.63, 3.8) is 0 Å². The molecule has 1 atom stereocenters. The van der Waals surface area contributed by atoms with Gasteiger partial charge in [0.25, 0.3) is 0 Å². The van der Waals surface area contributed by atoms with Crippen LogP contribution in [0, 0.1) is 17.2 Å². The summed E-state index contributed by atoms with van der Waals surface area (Å²) in [6.45, 7) is 3.18. The van der Waals surface area contributed by atoms with Crippen LogP contribution in [0.15, 0.2) is 23.4 Å². The molecule has 0 aromatic carbocycles. The minimum absolute atomic E-state index is 0.0827. The highest BCUT2D eigenvalue weighted by Crippen LogP contribution is 2.12. The summed E-state index contributed by atoms with van der Waals surface area (Å²) in [5.74, 6) is -1.68. The van der Waals surface area contributed by atoms with E-state index in [9.17, 15) is 13.2 Å². The second-order valence-corrected chi connectivity index (χ2v) is 5.92. The molecule has 0 aliphatic carbocycles. The summed E-state index contributed by atoms with van der Waals surface area (Å²) < 4.78 is 26.1. The quantitative estimate of drug-likeness (QED) is 0.804. The molecular formula is C11H13N3O4S. The Morgan fingerprint density at radius 2 is 2.11 bits per heavy atom. The Bertz CT molecular complexity index is 619. The summed E-state index contributed by atoms with van der Waals surface area (Å²) in [6.07, 6.45) is 2.28. The van der Waals surface area contributed by atoms with E-state index in [0.29, 0.717) is 0 Å². The van der Waals surface area contributed by atoms with Gasteiger partial charge in [0.1, 0.15) is 17.0 Å². The first-order valence-corrected chi connectivity index (χ1v) is 6.86. The normalized spacial score (nSPS) is 12.9. The molecule has 1 aromatic heterocycles. The average Bonchev–Trinajstić information content (AvgIpc) is 2.35. The molecule has 1 rings (SSSR count). The van der Waals surface area contributed by atoms with E-state index in [-0.39, 0.29) is 10.5 Å². The third-order valence-electron chi connectivity index (χ3n) is 2.37. The maximum atomic E-state index is 12.0. The highest BCUT2D eigenvalue weighted by molar-refractivity contribution is 7.89. The van der Waals surface area contributed by atoms with Gasteiger partial charge in [-0.3, -0.25) is 9.78 Å². The second kappa shape index (κ2) is 5.77. The van der Waals surface area contributed by atoms with Crippen LogP contribution in [0.1, 0.15) is 19.4 Å². The summed E-state index contributed by atoms with van der Waals surface area (Å²) in [5.41, 5.74) is 0.0827. The lowest BCUT2D eigenvalue weighted by Gasteiger charge is -2.17. The van der Waals surface area contributed by atoms with Crippen molar-refractivity contribution in [2.75, 3.05) is 0 Å². The van der Waals surface area contributed by atoms with E-state index < -0.39 is 28.0 Å². The highest BCUT2D eigenvalue weighted by atomic mass is 32.2. The van der Waals surface area contributed by atoms with Crippen molar-refractivity contribution in [1.82, 2.24) is 9.71 Å². The first-order chi connectivity index (χ1) is 8.77. The first-order valence-electron chi connectivity index (χ1n) is 5.38. The van der Waals surface area contributed by atoms with Crippen LogP contribution in [0.5, 0.6) is 0 Å². The van der Waals surface area contributed by atoms with Crippen molar-refractivity contribution >= 4 is 16.0 Å². The zero-order valence-electron chi connectivity index (χ0n) is 10.4. The smallest absolute Gasteiger partial charge is 0.322 e. The Hall–Kier alpha value is -1.98. The third-order valence-corrected chi connectivity index (χ3v) is 3.78. The number of nitrogens with one attached hydrogen (secondary N) is 1.